The zero-order valence-corrected chi connectivity index (χ0v) is 17.1. The Morgan fingerprint density at radius 1 is 0.871 bits per heavy atom. The molecule has 0 saturated carbocycles. The lowest BCUT2D eigenvalue weighted by molar-refractivity contribution is -0.135. The van der Waals surface area contributed by atoms with Gasteiger partial charge in [0.1, 0.15) is 17.2 Å². The minimum Gasteiger partial charge on any atom is -0.497 e. The first-order valence-electron chi connectivity index (χ1n) is 9.96. The van der Waals surface area contributed by atoms with Gasteiger partial charge in [-0.15, -0.1) is 0 Å². The molecule has 0 radical (unpaired) electrons. The summed E-state index contributed by atoms with van der Waals surface area (Å²) in [4.78, 5) is 10.7. The zero-order valence-electron chi connectivity index (χ0n) is 17.1. The highest BCUT2D eigenvalue weighted by atomic mass is 16.5. The van der Waals surface area contributed by atoms with E-state index in [2.05, 4.69) is 24.3 Å². The monoisotopic (exact) mass is 410 g/mol. The predicted molar refractivity (Wildman–Crippen MR) is 124 cm³/mol. The minimum absolute atomic E-state index is 0.000519. The topological polar surface area (TPSA) is 55.8 Å². The summed E-state index contributed by atoms with van der Waals surface area (Å²) in [5, 5.41) is 10.9. The molecule has 0 fully saturated rings. The van der Waals surface area contributed by atoms with Crippen LogP contribution in [0.25, 0.3) is 28.0 Å². The summed E-state index contributed by atoms with van der Waals surface area (Å²) < 4.78 is 11.7. The van der Waals surface area contributed by atoms with Crippen LogP contribution >= 0.6 is 0 Å². The highest BCUT2D eigenvalue weighted by Gasteiger charge is 2.12. The fourth-order valence-electron chi connectivity index (χ4n) is 3.41. The molecule has 0 heterocycles. The molecule has 0 spiro atoms. The molecule has 4 rings (SSSR count). The lowest BCUT2D eigenvalue weighted by atomic mass is 9.99. The third-order valence-electron chi connectivity index (χ3n) is 4.98. The standard InChI is InChI=1S/C27H22O4/c1-30-22-16-11-21(12-17-22)25-18-13-20-6-2-3-7-24(20)27(25)31-23-14-9-19(10-15-23)5-4-8-26(28)29/h2-7,9-18H,8H2,1H3,(H,28,29)/b5-4+. The Kier molecular flexibility index (Phi) is 5.99. The van der Waals surface area contributed by atoms with Crippen LogP contribution in [0.4, 0.5) is 0 Å². The summed E-state index contributed by atoms with van der Waals surface area (Å²) in [6.07, 6.45) is 3.42. The molecule has 0 bridgehead atoms. The largest absolute Gasteiger partial charge is 0.497 e. The number of ether oxygens (including phenoxy) is 2. The van der Waals surface area contributed by atoms with Crippen molar-refractivity contribution in [2.24, 2.45) is 0 Å². The number of hydrogen-bond donors (Lipinski definition) is 1. The van der Waals surface area contributed by atoms with E-state index in [-0.39, 0.29) is 6.42 Å². The number of methoxy groups -OCH3 is 1. The molecule has 4 heteroatoms. The van der Waals surface area contributed by atoms with E-state index in [1.807, 2.05) is 60.7 Å². The molecule has 0 amide bonds. The van der Waals surface area contributed by atoms with Gasteiger partial charge in [0.2, 0.25) is 0 Å². The molecule has 0 unspecified atom stereocenters. The highest BCUT2D eigenvalue weighted by Crippen LogP contribution is 2.40. The van der Waals surface area contributed by atoms with Gasteiger partial charge >= 0.3 is 5.97 Å². The number of carboxylic acid groups (broad SMARTS) is 1. The second-order valence-corrected chi connectivity index (χ2v) is 7.06. The van der Waals surface area contributed by atoms with Gasteiger partial charge in [0.15, 0.2) is 0 Å². The van der Waals surface area contributed by atoms with Crippen LogP contribution in [0.1, 0.15) is 12.0 Å². The first-order valence-corrected chi connectivity index (χ1v) is 9.96. The van der Waals surface area contributed by atoms with Crippen molar-refractivity contribution in [3.8, 4) is 28.4 Å². The van der Waals surface area contributed by atoms with Gasteiger partial charge in [-0.1, -0.05) is 66.7 Å². The van der Waals surface area contributed by atoms with Crippen molar-refractivity contribution < 1.29 is 19.4 Å². The molecule has 0 aliphatic heterocycles. The van der Waals surface area contributed by atoms with E-state index >= 15 is 0 Å². The summed E-state index contributed by atoms with van der Waals surface area (Å²) in [6, 6.07) is 27.8. The number of benzene rings is 4. The third kappa shape index (κ3) is 4.75. The van der Waals surface area contributed by atoms with Crippen LogP contribution in [0.2, 0.25) is 0 Å². The van der Waals surface area contributed by atoms with Crippen LogP contribution in [0, 0.1) is 0 Å². The Hall–Kier alpha value is -4.05. The van der Waals surface area contributed by atoms with Crippen molar-refractivity contribution in [1.29, 1.82) is 0 Å². The van der Waals surface area contributed by atoms with E-state index < -0.39 is 5.97 Å². The molecule has 0 atom stereocenters. The van der Waals surface area contributed by atoms with Crippen molar-refractivity contribution >= 4 is 22.8 Å². The maximum absolute atomic E-state index is 10.7. The molecule has 0 aliphatic carbocycles. The molecule has 4 aromatic carbocycles. The smallest absolute Gasteiger partial charge is 0.307 e. The molecular formula is C27H22O4. The SMILES string of the molecule is COc1ccc(-c2ccc3ccccc3c2Oc2ccc(/C=C/CC(=O)O)cc2)cc1. The second kappa shape index (κ2) is 9.18. The van der Waals surface area contributed by atoms with E-state index in [0.717, 1.165) is 39.0 Å². The van der Waals surface area contributed by atoms with E-state index in [9.17, 15) is 4.79 Å². The third-order valence-corrected chi connectivity index (χ3v) is 4.98. The molecular weight excluding hydrogens is 388 g/mol. The normalized spacial score (nSPS) is 11.0. The Balaban J connectivity index is 1.70. The van der Waals surface area contributed by atoms with Crippen molar-refractivity contribution in [2.45, 2.75) is 6.42 Å². The Morgan fingerprint density at radius 3 is 2.29 bits per heavy atom. The minimum atomic E-state index is -0.849. The maximum Gasteiger partial charge on any atom is 0.307 e. The first kappa shape index (κ1) is 20.2. The van der Waals surface area contributed by atoms with Gasteiger partial charge in [0.05, 0.1) is 13.5 Å². The highest BCUT2D eigenvalue weighted by molar-refractivity contribution is 5.95. The zero-order chi connectivity index (χ0) is 21.6. The fraction of sp³-hybridized carbons (Fsp3) is 0.0741. The molecule has 0 aromatic heterocycles. The molecule has 4 nitrogen and oxygen atoms in total. The van der Waals surface area contributed by atoms with Gasteiger partial charge < -0.3 is 14.6 Å². The molecule has 0 saturated heterocycles. The van der Waals surface area contributed by atoms with E-state index in [1.54, 1.807) is 19.3 Å². The maximum atomic E-state index is 10.7. The molecule has 4 aromatic rings. The Morgan fingerprint density at radius 2 is 1.58 bits per heavy atom. The number of rotatable bonds is 7. The van der Waals surface area contributed by atoms with Crippen LogP contribution < -0.4 is 9.47 Å². The Bertz CT molecular complexity index is 1220. The van der Waals surface area contributed by atoms with Gasteiger partial charge in [-0.05, 0) is 46.8 Å². The average molecular weight is 410 g/mol. The van der Waals surface area contributed by atoms with Crippen LogP contribution in [-0.2, 0) is 4.79 Å². The second-order valence-electron chi connectivity index (χ2n) is 7.06. The van der Waals surface area contributed by atoms with Crippen LogP contribution in [0.15, 0.2) is 91.0 Å². The molecule has 154 valence electrons. The van der Waals surface area contributed by atoms with Crippen molar-refractivity contribution in [1.82, 2.24) is 0 Å². The van der Waals surface area contributed by atoms with Crippen LogP contribution in [0.5, 0.6) is 17.2 Å². The number of hydrogen-bond acceptors (Lipinski definition) is 3. The lowest BCUT2D eigenvalue weighted by Gasteiger charge is -2.15. The average Bonchev–Trinajstić information content (AvgIpc) is 2.80. The molecule has 1 N–H and O–H groups in total. The first-order chi connectivity index (χ1) is 15.1. The van der Waals surface area contributed by atoms with Gasteiger partial charge in [-0.25, -0.2) is 0 Å². The van der Waals surface area contributed by atoms with Crippen molar-refractivity contribution in [2.75, 3.05) is 7.11 Å². The van der Waals surface area contributed by atoms with Crippen molar-refractivity contribution in [3.63, 3.8) is 0 Å². The number of fused-ring (bicyclic) bond motifs is 1. The summed E-state index contributed by atoms with van der Waals surface area (Å²) >= 11 is 0. The molecule has 0 aliphatic rings. The quantitative estimate of drug-likeness (QED) is 0.364. The van der Waals surface area contributed by atoms with Gasteiger partial charge in [-0.3, -0.25) is 4.79 Å². The summed E-state index contributed by atoms with van der Waals surface area (Å²) in [6.45, 7) is 0. The van der Waals surface area contributed by atoms with E-state index in [1.165, 1.54) is 0 Å². The summed E-state index contributed by atoms with van der Waals surface area (Å²) in [5.41, 5.74) is 2.95. The van der Waals surface area contributed by atoms with Gasteiger partial charge in [-0.2, -0.15) is 0 Å². The van der Waals surface area contributed by atoms with Gasteiger partial charge in [0.25, 0.3) is 0 Å². The fourth-order valence-corrected chi connectivity index (χ4v) is 3.41. The summed E-state index contributed by atoms with van der Waals surface area (Å²) in [7, 11) is 1.65. The van der Waals surface area contributed by atoms with E-state index in [4.69, 9.17) is 14.6 Å². The lowest BCUT2D eigenvalue weighted by Crippen LogP contribution is -1.91. The number of carbonyl (C=O) groups is 1. The Labute approximate surface area is 181 Å². The predicted octanol–water partition coefficient (Wildman–Crippen LogP) is 6.80. The van der Waals surface area contributed by atoms with Crippen molar-refractivity contribution in [3.05, 3.63) is 96.6 Å². The number of aliphatic carboxylic acids is 1. The molecule has 31 heavy (non-hydrogen) atoms. The van der Waals surface area contributed by atoms with Crippen LogP contribution in [-0.4, -0.2) is 18.2 Å². The summed E-state index contributed by atoms with van der Waals surface area (Å²) in [5.74, 6) is 1.45. The number of carboxylic acids is 1. The van der Waals surface area contributed by atoms with Crippen LogP contribution in [0.3, 0.4) is 0 Å². The van der Waals surface area contributed by atoms with Gasteiger partial charge in [0, 0.05) is 10.9 Å². The van der Waals surface area contributed by atoms with E-state index in [0.29, 0.717) is 5.75 Å².